The Kier molecular flexibility index (Phi) is 6.17. The summed E-state index contributed by atoms with van der Waals surface area (Å²) in [5, 5.41) is 0.329. The first-order valence-corrected chi connectivity index (χ1v) is 8.56. The summed E-state index contributed by atoms with van der Waals surface area (Å²) >= 11 is 6.07. The maximum absolute atomic E-state index is 12.7. The zero-order chi connectivity index (χ0) is 19.3. The monoisotopic (exact) mass is 368 g/mol. The number of hydrogen-bond acceptors (Lipinski definition) is 3. The van der Waals surface area contributed by atoms with Crippen molar-refractivity contribution in [3.05, 3.63) is 82.9 Å². The molecule has 134 valence electrons. The topological polar surface area (TPSA) is 43.4 Å². The van der Waals surface area contributed by atoms with E-state index in [1.807, 2.05) is 31.2 Å². The van der Waals surface area contributed by atoms with E-state index >= 15 is 0 Å². The summed E-state index contributed by atoms with van der Waals surface area (Å²) in [6.07, 6.45) is 3.13. The number of allylic oxidation sites excluding steroid dienone is 1. The van der Waals surface area contributed by atoms with Crippen molar-refractivity contribution in [2.45, 2.75) is 26.4 Å². The number of ketones is 1. The third-order valence-corrected chi connectivity index (χ3v) is 4.29. The van der Waals surface area contributed by atoms with Crippen LogP contribution in [0.4, 0.5) is 0 Å². The van der Waals surface area contributed by atoms with Gasteiger partial charge in [-0.1, -0.05) is 60.7 Å². The molecule has 0 amide bonds. The molecule has 0 unspecified atom stereocenters. The Morgan fingerprint density at radius 2 is 1.69 bits per heavy atom. The average Bonchev–Trinajstić information content (AvgIpc) is 2.61. The molecule has 0 aliphatic rings. The summed E-state index contributed by atoms with van der Waals surface area (Å²) < 4.78 is 5.41. The predicted octanol–water partition coefficient (Wildman–Crippen LogP) is 5.59. The SMILES string of the molecule is C=Cc1ccc(/C(C)=C/C(=O)OC(C)(C)C(=O)c2ccccc2Cl)cc1. The largest absolute Gasteiger partial charge is 0.448 e. The molecule has 0 bridgehead atoms. The van der Waals surface area contributed by atoms with Gasteiger partial charge in [-0.05, 0) is 49.6 Å². The van der Waals surface area contributed by atoms with E-state index in [1.54, 1.807) is 44.2 Å². The van der Waals surface area contributed by atoms with Crippen molar-refractivity contribution in [1.82, 2.24) is 0 Å². The van der Waals surface area contributed by atoms with Gasteiger partial charge in [0, 0.05) is 11.6 Å². The summed E-state index contributed by atoms with van der Waals surface area (Å²) in [5.74, 6) is -0.932. The molecule has 0 aromatic heterocycles. The van der Waals surface area contributed by atoms with Crippen molar-refractivity contribution in [3.63, 3.8) is 0 Å². The molecule has 0 aliphatic carbocycles. The number of carbonyl (C=O) groups is 2. The fraction of sp³-hybridized carbons (Fsp3) is 0.182. The Labute approximate surface area is 158 Å². The van der Waals surface area contributed by atoms with E-state index in [0.29, 0.717) is 10.6 Å². The van der Waals surface area contributed by atoms with Crippen LogP contribution >= 0.6 is 11.6 Å². The molecule has 3 nitrogen and oxygen atoms in total. The predicted molar refractivity (Wildman–Crippen MR) is 106 cm³/mol. The van der Waals surface area contributed by atoms with E-state index in [2.05, 4.69) is 6.58 Å². The van der Waals surface area contributed by atoms with Crippen LogP contribution in [0.25, 0.3) is 11.6 Å². The number of esters is 1. The first-order chi connectivity index (χ1) is 12.2. The molecule has 2 aromatic carbocycles. The third-order valence-electron chi connectivity index (χ3n) is 3.96. The third kappa shape index (κ3) is 4.70. The molecule has 26 heavy (non-hydrogen) atoms. The maximum Gasteiger partial charge on any atom is 0.332 e. The molecular weight excluding hydrogens is 348 g/mol. The van der Waals surface area contributed by atoms with E-state index in [-0.39, 0.29) is 5.78 Å². The van der Waals surface area contributed by atoms with Crippen molar-refractivity contribution in [3.8, 4) is 0 Å². The maximum atomic E-state index is 12.7. The van der Waals surface area contributed by atoms with Gasteiger partial charge in [-0.15, -0.1) is 0 Å². The van der Waals surface area contributed by atoms with Gasteiger partial charge in [0.15, 0.2) is 5.60 Å². The van der Waals surface area contributed by atoms with Crippen LogP contribution in [0.2, 0.25) is 5.02 Å². The highest BCUT2D eigenvalue weighted by Gasteiger charge is 2.33. The molecule has 0 saturated carbocycles. The van der Waals surface area contributed by atoms with Crippen LogP contribution in [-0.4, -0.2) is 17.4 Å². The van der Waals surface area contributed by atoms with Gasteiger partial charge in [0.2, 0.25) is 5.78 Å². The summed E-state index contributed by atoms with van der Waals surface area (Å²) in [7, 11) is 0. The van der Waals surface area contributed by atoms with Crippen LogP contribution in [0, 0.1) is 0 Å². The van der Waals surface area contributed by atoms with Gasteiger partial charge in [0.25, 0.3) is 0 Å². The van der Waals surface area contributed by atoms with Gasteiger partial charge < -0.3 is 4.74 Å². The molecule has 4 heteroatoms. The molecule has 0 saturated heterocycles. The van der Waals surface area contributed by atoms with E-state index in [4.69, 9.17) is 16.3 Å². The van der Waals surface area contributed by atoms with Crippen LogP contribution < -0.4 is 0 Å². The van der Waals surface area contributed by atoms with Gasteiger partial charge in [0.1, 0.15) is 0 Å². The van der Waals surface area contributed by atoms with E-state index in [9.17, 15) is 9.59 Å². The van der Waals surface area contributed by atoms with Gasteiger partial charge in [-0.25, -0.2) is 4.79 Å². The van der Waals surface area contributed by atoms with Crippen molar-refractivity contribution in [2.75, 3.05) is 0 Å². The highest BCUT2D eigenvalue weighted by atomic mass is 35.5. The zero-order valence-electron chi connectivity index (χ0n) is 15.1. The normalized spacial score (nSPS) is 11.8. The van der Waals surface area contributed by atoms with Gasteiger partial charge in [0.05, 0.1) is 5.02 Å². The quantitative estimate of drug-likeness (QED) is 0.379. The van der Waals surface area contributed by atoms with Crippen molar-refractivity contribution < 1.29 is 14.3 Å². The van der Waals surface area contributed by atoms with Crippen molar-refractivity contribution >= 4 is 35.0 Å². The molecular formula is C22H21ClO3. The number of carbonyl (C=O) groups excluding carboxylic acids is 2. The van der Waals surface area contributed by atoms with Gasteiger partial charge in [-0.3, -0.25) is 4.79 Å². The van der Waals surface area contributed by atoms with Crippen molar-refractivity contribution in [1.29, 1.82) is 0 Å². The molecule has 2 aromatic rings. The lowest BCUT2D eigenvalue weighted by atomic mass is 9.96. The lowest BCUT2D eigenvalue weighted by Gasteiger charge is -2.23. The number of Topliss-reactive ketones (excluding diaryl/α,β-unsaturated/α-hetero) is 1. The number of hydrogen-bond donors (Lipinski definition) is 0. The summed E-state index contributed by atoms with van der Waals surface area (Å²) in [5.41, 5.74) is 1.63. The number of rotatable bonds is 6. The molecule has 0 heterocycles. The van der Waals surface area contributed by atoms with E-state index in [0.717, 1.165) is 16.7 Å². The second kappa shape index (κ2) is 8.15. The van der Waals surface area contributed by atoms with Crippen LogP contribution in [0.3, 0.4) is 0 Å². The summed E-state index contributed by atoms with van der Waals surface area (Å²) in [4.78, 5) is 24.9. The summed E-state index contributed by atoms with van der Waals surface area (Å²) in [6.45, 7) is 8.63. The first kappa shape index (κ1) is 19.7. The Morgan fingerprint density at radius 3 is 2.27 bits per heavy atom. The Hall–Kier alpha value is -2.65. The molecule has 0 aliphatic heterocycles. The minimum Gasteiger partial charge on any atom is -0.448 e. The fourth-order valence-electron chi connectivity index (χ4n) is 2.44. The average molecular weight is 369 g/mol. The Bertz CT molecular complexity index is 861. The molecule has 0 N–H and O–H groups in total. The van der Waals surface area contributed by atoms with E-state index in [1.165, 1.54) is 6.08 Å². The molecule has 2 rings (SSSR count). The van der Waals surface area contributed by atoms with Crippen LogP contribution in [0.5, 0.6) is 0 Å². The molecule has 0 spiro atoms. The Balaban J connectivity index is 2.15. The lowest BCUT2D eigenvalue weighted by molar-refractivity contribution is -0.146. The second-order valence-corrected chi connectivity index (χ2v) is 6.80. The van der Waals surface area contributed by atoms with E-state index < -0.39 is 11.6 Å². The minimum atomic E-state index is -1.33. The number of benzene rings is 2. The second-order valence-electron chi connectivity index (χ2n) is 6.39. The number of halogens is 1. The molecule has 0 fully saturated rings. The molecule has 0 radical (unpaired) electrons. The highest BCUT2D eigenvalue weighted by Crippen LogP contribution is 2.24. The van der Waals surface area contributed by atoms with Gasteiger partial charge in [-0.2, -0.15) is 0 Å². The number of ether oxygens (including phenoxy) is 1. The zero-order valence-corrected chi connectivity index (χ0v) is 15.8. The first-order valence-electron chi connectivity index (χ1n) is 8.18. The molecule has 0 atom stereocenters. The standard InChI is InChI=1S/C22H21ClO3/c1-5-16-10-12-17(13-11-16)15(2)14-20(24)26-22(3,4)21(25)18-8-6-7-9-19(18)23/h5-14H,1H2,2-4H3/b15-14+. The van der Waals surface area contributed by atoms with Crippen LogP contribution in [-0.2, 0) is 9.53 Å². The van der Waals surface area contributed by atoms with Crippen LogP contribution in [0.15, 0.2) is 61.2 Å². The fourth-order valence-corrected chi connectivity index (χ4v) is 2.66. The summed E-state index contributed by atoms with van der Waals surface area (Å²) in [6, 6.07) is 14.3. The van der Waals surface area contributed by atoms with Gasteiger partial charge >= 0.3 is 5.97 Å². The van der Waals surface area contributed by atoms with Crippen LogP contribution in [0.1, 0.15) is 42.3 Å². The highest BCUT2D eigenvalue weighted by molar-refractivity contribution is 6.34. The smallest absolute Gasteiger partial charge is 0.332 e. The Morgan fingerprint density at radius 1 is 1.08 bits per heavy atom. The van der Waals surface area contributed by atoms with Crippen molar-refractivity contribution in [2.24, 2.45) is 0 Å². The minimum absolute atomic E-state index is 0.327. The lowest BCUT2D eigenvalue weighted by Crippen LogP contribution is -2.37.